The molecule has 1 aromatic rings. The third kappa shape index (κ3) is 3.66. The summed E-state index contributed by atoms with van der Waals surface area (Å²) in [4.78, 5) is 6.42. The van der Waals surface area contributed by atoms with Gasteiger partial charge in [0.2, 0.25) is 0 Å². The van der Waals surface area contributed by atoms with Crippen LogP contribution in [0.3, 0.4) is 0 Å². The third-order valence-corrected chi connectivity index (χ3v) is 5.68. The highest BCUT2D eigenvalue weighted by molar-refractivity contribution is 7.11. The lowest BCUT2D eigenvalue weighted by atomic mass is 9.90. The Morgan fingerprint density at radius 2 is 1.81 bits per heavy atom. The van der Waals surface area contributed by atoms with Crippen LogP contribution in [0.1, 0.15) is 74.9 Å². The summed E-state index contributed by atoms with van der Waals surface area (Å²) in [5.41, 5.74) is 1.17. The van der Waals surface area contributed by atoms with Crippen molar-refractivity contribution in [1.82, 2.24) is 10.3 Å². The number of nitrogens with one attached hydrogen (secondary N) is 1. The maximum atomic E-state index is 6.03. The molecule has 1 N–H and O–H groups in total. The highest BCUT2D eigenvalue weighted by atomic mass is 32.1. The number of ether oxygens (including phenoxy) is 1. The summed E-state index contributed by atoms with van der Waals surface area (Å²) in [6, 6.07) is 0. The average molecular weight is 311 g/mol. The Balaban J connectivity index is 2.41. The fourth-order valence-corrected chi connectivity index (χ4v) is 4.73. The van der Waals surface area contributed by atoms with Gasteiger partial charge in [0, 0.05) is 23.9 Å². The number of thiazole rings is 1. The van der Waals surface area contributed by atoms with E-state index in [1.807, 2.05) is 25.5 Å². The van der Waals surface area contributed by atoms with Gasteiger partial charge in [0.05, 0.1) is 5.69 Å². The van der Waals surface area contributed by atoms with Gasteiger partial charge in [-0.15, -0.1) is 11.3 Å². The van der Waals surface area contributed by atoms with Gasteiger partial charge in [0.1, 0.15) is 10.6 Å². The van der Waals surface area contributed by atoms with Gasteiger partial charge in [-0.1, -0.05) is 46.5 Å². The lowest BCUT2D eigenvalue weighted by Gasteiger charge is -2.29. The van der Waals surface area contributed by atoms with Gasteiger partial charge in [-0.25, -0.2) is 4.98 Å². The van der Waals surface area contributed by atoms with E-state index in [-0.39, 0.29) is 11.0 Å². The summed E-state index contributed by atoms with van der Waals surface area (Å²) in [5.74, 6) is 0. The monoisotopic (exact) mass is 310 g/mol. The van der Waals surface area contributed by atoms with Crippen molar-refractivity contribution in [2.75, 3.05) is 14.2 Å². The minimum absolute atomic E-state index is 0.0839. The summed E-state index contributed by atoms with van der Waals surface area (Å²) in [5, 5.41) is 4.48. The molecule has 0 spiro atoms. The number of aromatic nitrogens is 1. The molecule has 120 valence electrons. The topological polar surface area (TPSA) is 34.1 Å². The Hall–Kier alpha value is -0.450. The average Bonchev–Trinajstić information content (AvgIpc) is 2.71. The van der Waals surface area contributed by atoms with E-state index in [1.165, 1.54) is 41.3 Å². The zero-order valence-electron chi connectivity index (χ0n) is 14.2. The van der Waals surface area contributed by atoms with Crippen LogP contribution in [0.25, 0.3) is 0 Å². The van der Waals surface area contributed by atoms with Crippen LogP contribution in [0.5, 0.6) is 0 Å². The molecule has 1 aromatic heterocycles. The van der Waals surface area contributed by atoms with Crippen molar-refractivity contribution in [3.63, 3.8) is 0 Å². The standard InChI is InChI=1S/C17H30N2OS/c1-16(2,3)14-13(12-18-4)21-15(19-14)17(20-5)10-8-6-7-9-11-17/h18H,6-12H2,1-5H3. The molecule has 1 aliphatic carbocycles. The predicted octanol–water partition coefficient (Wildman–Crippen LogP) is 4.36. The number of rotatable bonds is 4. The van der Waals surface area contributed by atoms with Gasteiger partial charge in [-0.2, -0.15) is 0 Å². The van der Waals surface area contributed by atoms with E-state index in [9.17, 15) is 0 Å². The maximum absolute atomic E-state index is 6.03. The van der Waals surface area contributed by atoms with Crippen LogP contribution in [0.2, 0.25) is 0 Å². The highest BCUT2D eigenvalue weighted by Crippen LogP contribution is 2.43. The van der Waals surface area contributed by atoms with Crippen LogP contribution in [0.15, 0.2) is 0 Å². The van der Waals surface area contributed by atoms with E-state index in [2.05, 4.69) is 26.1 Å². The Morgan fingerprint density at radius 1 is 1.19 bits per heavy atom. The van der Waals surface area contributed by atoms with Crippen LogP contribution >= 0.6 is 11.3 Å². The van der Waals surface area contributed by atoms with Crippen molar-refractivity contribution in [3.05, 3.63) is 15.6 Å². The lowest BCUT2D eigenvalue weighted by molar-refractivity contribution is -0.0281. The molecule has 0 bridgehead atoms. The molecule has 0 amide bonds. The molecule has 1 saturated carbocycles. The minimum atomic E-state index is -0.146. The first-order valence-corrected chi connectivity index (χ1v) is 8.95. The van der Waals surface area contributed by atoms with Crippen LogP contribution < -0.4 is 5.32 Å². The Bertz CT molecular complexity index is 454. The molecule has 0 aromatic carbocycles. The van der Waals surface area contributed by atoms with Gasteiger partial charge in [0.25, 0.3) is 0 Å². The quantitative estimate of drug-likeness (QED) is 0.839. The van der Waals surface area contributed by atoms with Crippen molar-refractivity contribution in [2.45, 2.75) is 76.9 Å². The molecule has 2 rings (SSSR count). The van der Waals surface area contributed by atoms with E-state index >= 15 is 0 Å². The van der Waals surface area contributed by atoms with Crippen molar-refractivity contribution in [2.24, 2.45) is 0 Å². The number of nitrogens with zero attached hydrogens (tertiary/aromatic N) is 1. The van der Waals surface area contributed by atoms with Crippen molar-refractivity contribution < 1.29 is 4.74 Å². The molecule has 21 heavy (non-hydrogen) atoms. The molecule has 1 heterocycles. The number of hydrogen-bond acceptors (Lipinski definition) is 4. The molecule has 0 aliphatic heterocycles. The van der Waals surface area contributed by atoms with E-state index in [4.69, 9.17) is 9.72 Å². The van der Waals surface area contributed by atoms with E-state index in [1.54, 1.807) is 0 Å². The van der Waals surface area contributed by atoms with Crippen LogP contribution in [0.4, 0.5) is 0 Å². The minimum Gasteiger partial charge on any atom is -0.371 e. The second-order valence-electron chi connectivity index (χ2n) is 7.18. The first-order chi connectivity index (χ1) is 9.93. The van der Waals surface area contributed by atoms with Crippen molar-refractivity contribution in [1.29, 1.82) is 0 Å². The zero-order valence-corrected chi connectivity index (χ0v) is 15.0. The molecule has 4 heteroatoms. The molecule has 1 aliphatic rings. The van der Waals surface area contributed by atoms with Crippen LogP contribution in [-0.4, -0.2) is 19.1 Å². The maximum Gasteiger partial charge on any atom is 0.125 e. The second kappa shape index (κ2) is 6.76. The van der Waals surface area contributed by atoms with Crippen LogP contribution in [-0.2, 0) is 22.3 Å². The number of methoxy groups -OCH3 is 1. The highest BCUT2D eigenvalue weighted by Gasteiger charge is 2.37. The Labute approximate surface area is 133 Å². The molecule has 3 nitrogen and oxygen atoms in total. The van der Waals surface area contributed by atoms with Crippen molar-refractivity contribution in [3.8, 4) is 0 Å². The first kappa shape index (κ1) is 16.9. The van der Waals surface area contributed by atoms with Gasteiger partial charge in [-0.3, -0.25) is 0 Å². The van der Waals surface area contributed by atoms with Gasteiger partial charge in [-0.05, 0) is 19.9 Å². The fraction of sp³-hybridized carbons (Fsp3) is 0.824. The molecule has 0 unspecified atom stereocenters. The van der Waals surface area contributed by atoms with Crippen LogP contribution in [0, 0.1) is 0 Å². The summed E-state index contributed by atoms with van der Waals surface area (Å²) in [6.07, 6.45) is 7.37. The molecule has 0 radical (unpaired) electrons. The Kier molecular flexibility index (Phi) is 5.44. The predicted molar refractivity (Wildman–Crippen MR) is 90.0 cm³/mol. The summed E-state index contributed by atoms with van der Waals surface area (Å²) in [6.45, 7) is 7.64. The summed E-state index contributed by atoms with van der Waals surface area (Å²) >= 11 is 1.85. The largest absolute Gasteiger partial charge is 0.371 e. The SMILES string of the molecule is CNCc1sc(C2(OC)CCCCCC2)nc1C(C)(C)C. The van der Waals surface area contributed by atoms with Crippen molar-refractivity contribution >= 4 is 11.3 Å². The molecule has 0 atom stereocenters. The van der Waals surface area contributed by atoms with Gasteiger partial charge >= 0.3 is 0 Å². The molecule has 0 saturated heterocycles. The number of hydrogen-bond donors (Lipinski definition) is 1. The summed E-state index contributed by atoms with van der Waals surface area (Å²) in [7, 11) is 3.87. The van der Waals surface area contributed by atoms with Gasteiger partial charge < -0.3 is 10.1 Å². The first-order valence-electron chi connectivity index (χ1n) is 8.13. The molecular weight excluding hydrogens is 280 g/mol. The summed E-state index contributed by atoms with van der Waals surface area (Å²) < 4.78 is 6.03. The lowest BCUT2D eigenvalue weighted by Crippen LogP contribution is -2.28. The molecular formula is C17H30N2OS. The smallest absolute Gasteiger partial charge is 0.125 e. The third-order valence-electron chi connectivity index (χ3n) is 4.44. The zero-order chi connectivity index (χ0) is 15.5. The Morgan fingerprint density at radius 3 is 2.29 bits per heavy atom. The van der Waals surface area contributed by atoms with E-state index in [0.29, 0.717) is 0 Å². The van der Waals surface area contributed by atoms with E-state index in [0.717, 1.165) is 19.4 Å². The molecule has 1 fully saturated rings. The second-order valence-corrected chi connectivity index (χ2v) is 8.27. The van der Waals surface area contributed by atoms with Gasteiger partial charge in [0.15, 0.2) is 0 Å². The fourth-order valence-electron chi connectivity index (χ4n) is 3.22. The van der Waals surface area contributed by atoms with E-state index < -0.39 is 0 Å². The normalized spacial score (nSPS) is 19.5.